The van der Waals surface area contributed by atoms with Crippen molar-refractivity contribution >= 4 is 40.5 Å². The molecule has 64 heavy (non-hydrogen) atoms. The van der Waals surface area contributed by atoms with Crippen LogP contribution in [0.5, 0.6) is 0 Å². The van der Waals surface area contributed by atoms with Crippen LogP contribution >= 0.6 is 0 Å². The minimum Gasteiger partial charge on any atom is -0.400 e. The number of fused-ring (bicyclic) bond motifs is 11. The summed E-state index contributed by atoms with van der Waals surface area (Å²) < 4.78 is 0. The molecule has 0 aromatic heterocycles. The van der Waals surface area contributed by atoms with Crippen LogP contribution in [0.25, 0.3) is 44.5 Å². The van der Waals surface area contributed by atoms with Gasteiger partial charge in [0, 0.05) is 44.4 Å². The fraction of sp³-hybridized carbons (Fsp3) is 0.311. The van der Waals surface area contributed by atoms with E-state index < -0.39 is 0 Å². The first-order valence-electron chi connectivity index (χ1n) is 24.6. The Morgan fingerprint density at radius 2 is 1.20 bits per heavy atom. The first-order valence-corrected chi connectivity index (χ1v) is 24.6. The minimum atomic E-state index is -0.140. The van der Waals surface area contributed by atoms with E-state index in [1.807, 2.05) is 0 Å². The lowest BCUT2D eigenvalue weighted by Gasteiger charge is -2.55. The van der Waals surface area contributed by atoms with Crippen molar-refractivity contribution in [3.05, 3.63) is 167 Å². The molecule has 5 aliphatic rings. The highest BCUT2D eigenvalue weighted by molar-refractivity contribution is 6.93. The normalized spacial score (nSPS) is 20.3. The predicted octanol–water partition coefficient (Wildman–Crippen LogP) is 15.0. The third-order valence-corrected chi connectivity index (χ3v) is 16.9. The number of hydrogen-bond donors (Lipinski definition) is 0. The Balaban J connectivity index is 1.25. The second-order valence-corrected chi connectivity index (χ2v) is 20.8. The highest BCUT2D eigenvalue weighted by atomic mass is 15.2. The van der Waals surface area contributed by atoms with E-state index >= 15 is 0 Å². The van der Waals surface area contributed by atoms with E-state index in [-0.39, 0.29) is 23.2 Å². The van der Waals surface area contributed by atoms with E-state index in [4.69, 9.17) is 0 Å². The fourth-order valence-electron chi connectivity index (χ4n) is 13.4. The number of unbranched alkanes of at least 4 members (excludes halogenated alkanes) is 2. The van der Waals surface area contributed by atoms with E-state index in [0.717, 1.165) is 12.8 Å². The molecule has 2 atom stereocenters. The first kappa shape index (κ1) is 39.8. The summed E-state index contributed by atoms with van der Waals surface area (Å²) in [6.45, 7) is 14.9. The highest BCUT2D eigenvalue weighted by Crippen LogP contribution is 2.64. The Morgan fingerprint density at radius 1 is 0.516 bits per heavy atom. The monoisotopic (exact) mass is 832 g/mol. The molecule has 7 aromatic rings. The third kappa shape index (κ3) is 5.45. The van der Waals surface area contributed by atoms with E-state index in [1.165, 1.54) is 152 Å². The Bertz CT molecular complexity index is 3000. The van der Waals surface area contributed by atoms with Gasteiger partial charge in [-0.15, -0.1) is 0 Å². The summed E-state index contributed by atoms with van der Waals surface area (Å²) in [5.41, 5.74) is 26.3. The number of hydrogen-bond acceptors (Lipinski definition) is 2. The van der Waals surface area contributed by atoms with Crippen LogP contribution in [0.15, 0.2) is 140 Å². The molecule has 0 saturated heterocycles. The van der Waals surface area contributed by atoms with Crippen molar-refractivity contribution in [2.75, 3.05) is 9.71 Å². The Hall–Kier alpha value is -5.80. The molecule has 3 aliphatic heterocycles. The van der Waals surface area contributed by atoms with Gasteiger partial charge in [-0.25, -0.2) is 0 Å². The van der Waals surface area contributed by atoms with Crippen LogP contribution in [0, 0.1) is 0 Å². The molecule has 0 radical (unpaired) electrons. The maximum Gasteiger partial charge on any atom is 0.328 e. The molecule has 0 amide bonds. The molecule has 2 unspecified atom stereocenters. The Kier molecular flexibility index (Phi) is 9.08. The van der Waals surface area contributed by atoms with Gasteiger partial charge in [0.15, 0.2) is 0 Å². The Morgan fingerprint density at radius 3 is 1.97 bits per heavy atom. The van der Waals surface area contributed by atoms with Crippen LogP contribution < -0.4 is 20.6 Å². The van der Waals surface area contributed by atoms with E-state index in [2.05, 4.69) is 191 Å². The zero-order valence-electron chi connectivity index (χ0n) is 38.8. The molecule has 7 aromatic carbocycles. The SMILES string of the molecule is CCCCc1ccc(N2c3cc(-c4ccccc4)cc4c3B(c3ccc5c(c32)-c2ccccc2C5(C)C)N2c3c-4cc(CCCC)cc3C3(C)CCCCC23C)c(-c2ccccc2)c1. The van der Waals surface area contributed by atoms with E-state index in [0.29, 0.717) is 0 Å². The molecule has 12 rings (SSSR count). The molecular formula is C61H61BN2. The van der Waals surface area contributed by atoms with Gasteiger partial charge in [0.1, 0.15) is 0 Å². The molecule has 0 bridgehead atoms. The summed E-state index contributed by atoms with van der Waals surface area (Å²) in [5.74, 6) is 0. The van der Waals surface area contributed by atoms with Gasteiger partial charge in [-0.3, -0.25) is 0 Å². The maximum atomic E-state index is 3.02. The number of nitrogens with zero attached hydrogens (tertiary/aromatic N) is 2. The topological polar surface area (TPSA) is 6.48 Å². The van der Waals surface area contributed by atoms with Gasteiger partial charge in [-0.05, 0) is 142 Å². The van der Waals surface area contributed by atoms with E-state index in [9.17, 15) is 0 Å². The molecule has 2 nitrogen and oxygen atoms in total. The van der Waals surface area contributed by atoms with Crippen molar-refractivity contribution in [2.24, 2.45) is 0 Å². The van der Waals surface area contributed by atoms with Gasteiger partial charge in [0.05, 0.1) is 11.4 Å². The molecule has 3 heteroatoms. The number of anilines is 4. The van der Waals surface area contributed by atoms with Crippen molar-refractivity contribution in [3.8, 4) is 44.5 Å². The van der Waals surface area contributed by atoms with Crippen molar-refractivity contribution in [1.82, 2.24) is 0 Å². The van der Waals surface area contributed by atoms with E-state index in [1.54, 1.807) is 5.56 Å². The summed E-state index contributed by atoms with van der Waals surface area (Å²) >= 11 is 0. The molecule has 1 fully saturated rings. The van der Waals surface area contributed by atoms with Crippen molar-refractivity contribution in [2.45, 2.75) is 122 Å². The van der Waals surface area contributed by atoms with Crippen molar-refractivity contribution in [3.63, 3.8) is 0 Å². The molecule has 318 valence electrons. The molecule has 3 heterocycles. The molecule has 0 N–H and O–H groups in total. The minimum absolute atomic E-state index is 0.0411. The van der Waals surface area contributed by atoms with Gasteiger partial charge in [0.25, 0.3) is 0 Å². The van der Waals surface area contributed by atoms with Crippen LogP contribution in [0.2, 0.25) is 0 Å². The number of rotatable bonds is 9. The highest BCUT2D eigenvalue weighted by Gasteiger charge is 2.63. The largest absolute Gasteiger partial charge is 0.400 e. The van der Waals surface area contributed by atoms with Crippen LogP contribution in [0.3, 0.4) is 0 Å². The molecule has 2 aliphatic carbocycles. The summed E-state index contributed by atoms with van der Waals surface area (Å²) in [6, 6.07) is 54.8. The van der Waals surface area contributed by atoms with Gasteiger partial charge in [-0.2, -0.15) is 0 Å². The van der Waals surface area contributed by atoms with Gasteiger partial charge >= 0.3 is 6.85 Å². The quantitative estimate of drug-likeness (QED) is 0.134. The molecular weight excluding hydrogens is 771 g/mol. The maximum absolute atomic E-state index is 3.02. The lowest BCUT2D eigenvalue weighted by molar-refractivity contribution is 0.199. The fourth-order valence-corrected chi connectivity index (χ4v) is 13.4. The summed E-state index contributed by atoms with van der Waals surface area (Å²) in [7, 11) is 0. The lowest BCUT2D eigenvalue weighted by Crippen LogP contribution is -2.70. The van der Waals surface area contributed by atoms with Crippen LogP contribution in [0.1, 0.15) is 121 Å². The Labute approximate surface area is 382 Å². The average molecular weight is 833 g/mol. The molecule has 0 spiro atoms. The van der Waals surface area contributed by atoms with Crippen LogP contribution in [0.4, 0.5) is 22.7 Å². The summed E-state index contributed by atoms with van der Waals surface area (Å²) in [6.07, 6.45) is 12.0. The zero-order valence-corrected chi connectivity index (χ0v) is 38.8. The van der Waals surface area contributed by atoms with Crippen molar-refractivity contribution < 1.29 is 0 Å². The summed E-state index contributed by atoms with van der Waals surface area (Å²) in [4.78, 5) is 5.79. The predicted molar refractivity (Wildman–Crippen MR) is 274 cm³/mol. The van der Waals surface area contributed by atoms with Gasteiger partial charge < -0.3 is 9.71 Å². The lowest BCUT2D eigenvalue weighted by atomic mass is 9.41. The number of benzene rings is 7. The average Bonchev–Trinajstić information content (AvgIpc) is 3.69. The van der Waals surface area contributed by atoms with Crippen LogP contribution in [-0.2, 0) is 23.7 Å². The molecule has 1 saturated carbocycles. The zero-order chi connectivity index (χ0) is 43.5. The summed E-state index contributed by atoms with van der Waals surface area (Å²) in [5, 5.41) is 0. The standard InChI is InChI=1S/C61H61BN2/c1-7-9-21-40-29-32-53(46(35-40)43-25-15-12-16-26-43)63-54-39-44(42-23-13-11-14-24-42)38-47-48-36-41(22-10-8-2)37-51-57(48)64(61(6)34-20-19-33-60(51,61)5)62(56(47)54)52-31-30-50-55(58(52)63)45-27-17-18-28-49(45)59(50,3)4/h11-18,23-32,35-39H,7-10,19-22,33-34H2,1-6H3. The van der Waals surface area contributed by atoms with Crippen LogP contribution in [-0.4, -0.2) is 12.4 Å². The second kappa shape index (κ2) is 14.6. The van der Waals surface area contributed by atoms with Crippen molar-refractivity contribution in [1.29, 1.82) is 0 Å². The van der Waals surface area contributed by atoms with Gasteiger partial charge in [0.2, 0.25) is 0 Å². The second-order valence-electron chi connectivity index (χ2n) is 20.8. The smallest absolute Gasteiger partial charge is 0.328 e. The number of aryl methyl sites for hydroxylation is 2. The first-order chi connectivity index (χ1) is 31.2. The third-order valence-electron chi connectivity index (χ3n) is 16.9. The van der Waals surface area contributed by atoms with Gasteiger partial charge in [-0.1, -0.05) is 169 Å².